The molecule has 0 amide bonds. The van der Waals surface area contributed by atoms with Gasteiger partial charge in [-0.2, -0.15) is 11.3 Å². The summed E-state index contributed by atoms with van der Waals surface area (Å²) in [5.41, 5.74) is 3.34. The van der Waals surface area contributed by atoms with Gasteiger partial charge in [0.05, 0.1) is 11.9 Å². The van der Waals surface area contributed by atoms with E-state index in [0.29, 0.717) is 0 Å². The molecule has 0 bridgehead atoms. The molecule has 4 heteroatoms. The van der Waals surface area contributed by atoms with Crippen LogP contribution in [0.4, 0.5) is 0 Å². The van der Waals surface area contributed by atoms with Crippen molar-refractivity contribution < 1.29 is 0 Å². The fourth-order valence-electron chi connectivity index (χ4n) is 1.64. The second-order valence-electron chi connectivity index (χ2n) is 3.66. The third kappa shape index (κ3) is 2.18. The second kappa shape index (κ2) is 4.47. The first-order valence-corrected chi connectivity index (χ1v) is 6.90. The number of aromatic nitrogens is 2. The van der Waals surface area contributed by atoms with Gasteiger partial charge in [0, 0.05) is 21.0 Å². The van der Waals surface area contributed by atoms with E-state index in [0.717, 1.165) is 21.6 Å². The highest BCUT2D eigenvalue weighted by molar-refractivity contribution is 9.10. The summed E-state index contributed by atoms with van der Waals surface area (Å²) >= 11 is 5.11. The maximum absolute atomic E-state index is 4.41. The van der Waals surface area contributed by atoms with Gasteiger partial charge in [0.2, 0.25) is 0 Å². The fourth-order valence-corrected chi connectivity index (χ4v) is 2.56. The van der Waals surface area contributed by atoms with Crippen molar-refractivity contribution in [2.45, 2.75) is 0 Å². The largest absolute Gasteiger partial charge is 0.338 e. The topological polar surface area (TPSA) is 28.7 Å². The van der Waals surface area contributed by atoms with E-state index < -0.39 is 0 Å². The monoisotopic (exact) mass is 304 g/mol. The Labute approximate surface area is 111 Å². The van der Waals surface area contributed by atoms with Gasteiger partial charge in [-0.15, -0.1) is 0 Å². The molecule has 0 saturated carbocycles. The molecule has 0 saturated heterocycles. The Balaban J connectivity index is 1.98. The third-order valence-corrected chi connectivity index (χ3v) is 3.74. The van der Waals surface area contributed by atoms with Gasteiger partial charge in [0.15, 0.2) is 0 Å². The quantitative estimate of drug-likeness (QED) is 0.738. The number of rotatable bonds is 2. The molecular formula is C13H9BrN2S. The number of H-pyrrole nitrogens is 1. The highest BCUT2D eigenvalue weighted by atomic mass is 79.9. The van der Waals surface area contributed by atoms with Crippen LogP contribution < -0.4 is 0 Å². The van der Waals surface area contributed by atoms with E-state index in [1.165, 1.54) is 5.56 Å². The normalized spacial score (nSPS) is 10.6. The number of benzene rings is 1. The molecular weight excluding hydrogens is 296 g/mol. The van der Waals surface area contributed by atoms with Crippen LogP contribution in [0.1, 0.15) is 0 Å². The Bertz CT molecular complexity index is 611. The van der Waals surface area contributed by atoms with Crippen LogP contribution in [0.2, 0.25) is 0 Å². The number of hydrogen-bond acceptors (Lipinski definition) is 2. The van der Waals surface area contributed by atoms with Gasteiger partial charge in [-0.3, -0.25) is 0 Å². The number of nitrogens with zero attached hydrogens (tertiary/aromatic N) is 1. The van der Waals surface area contributed by atoms with Gasteiger partial charge in [0.1, 0.15) is 5.82 Å². The summed E-state index contributed by atoms with van der Waals surface area (Å²) in [5, 5.41) is 4.17. The average Bonchev–Trinajstić information content (AvgIpc) is 3.00. The molecule has 0 atom stereocenters. The number of imidazole rings is 1. The zero-order valence-electron chi connectivity index (χ0n) is 8.85. The zero-order chi connectivity index (χ0) is 11.7. The van der Waals surface area contributed by atoms with Crippen LogP contribution in [0, 0.1) is 0 Å². The minimum absolute atomic E-state index is 0.902. The molecule has 3 rings (SSSR count). The van der Waals surface area contributed by atoms with E-state index in [4.69, 9.17) is 0 Å². The Hall–Kier alpha value is -1.39. The molecule has 0 aliphatic rings. The number of halogens is 1. The van der Waals surface area contributed by atoms with Crippen molar-refractivity contribution in [3.8, 4) is 22.6 Å². The molecule has 2 aromatic heterocycles. The van der Waals surface area contributed by atoms with Crippen LogP contribution in [-0.2, 0) is 0 Å². The first kappa shape index (κ1) is 10.7. The van der Waals surface area contributed by atoms with Crippen molar-refractivity contribution in [1.82, 2.24) is 9.97 Å². The zero-order valence-corrected chi connectivity index (χ0v) is 11.3. The molecule has 2 heterocycles. The molecule has 3 aromatic rings. The maximum atomic E-state index is 4.41. The van der Waals surface area contributed by atoms with Crippen molar-refractivity contribution in [2.75, 3.05) is 0 Å². The molecule has 2 nitrogen and oxygen atoms in total. The lowest BCUT2D eigenvalue weighted by Gasteiger charge is -1.96. The first-order valence-electron chi connectivity index (χ1n) is 5.16. The van der Waals surface area contributed by atoms with Crippen LogP contribution >= 0.6 is 27.3 Å². The molecule has 0 spiro atoms. The van der Waals surface area contributed by atoms with Crippen LogP contribution in [0.25, 0.3) is 22.6 Å². The lowest BCUT2D eigenvalue weighted by molar-refractivity contribution is 1.31. The number of nitrogens with one attached hydrogen (secondary N) is 1. The predicted octanol–water partition coefficient (Wildman–Crippen LogP) is 4.57. The Morgan fingerprint density at radius 1 is 1.06 bits per heavy atom. The average molecular weight is 305 g/mol. The molecule has 17 heavy (non-hydrogen) atoms. The first-order chi connectivity index (χ1) is 8.33. The van der Waals surface area contributed by atoms with Gasteiger partial charge in [-0.1, -0.05) is 28.1 Å². The van der Waals surface area contributed by atoms with Gasteiger partial charge < -0.3 is 4.98 Å². The molecule has 0 aliphatic carbocycles. The Morgan fingerprint density at radius 2 is 1.88 bits per heavy atom. The summed E-state index contributed by atoms with van der Waals surface area (Å²) in [7, 11) is 0. The Kier molecular flexibility index (Phi) is 2.82. The SMILES string of the molecule is Brc1ccc(-c2ncc(-c3ccsc3)[nH]2)cc1. The van der Waals surface area contributed by atoms with E-state index in [2.05, 4.69) is 42.7 Å². The summed E-state index contributed by atoms with van der Waals surface area (Å²) in [6, 6.07) is 10.2. The summed E-state index contributed by atoms with van der Waals surface area (Å²) in [6.07, 6.45) is 1.87. The predicted molar refractivity (Wildman–Crippen MR) is 75.0 cm³/mol. The molecule has 0 unspecified atom stereocenters. The van der Waals surface area contributed by atoms with E-state index in [1.807, 2.05) is 30.5 Å². The standard InChI is InChI=1S/C13H9BrN2S/c14-11-3-1-9(2-4-11)13-15-7-12(16-13)10-5-6-17-8-10/h1-8H,(H,15,16). The van der Waals surface area contributed by atoms with Crippen LogP contribution in [0.5, 0.6) is 0 Å². The highest BCUT2D eigenvalue weighted by Gasteiger charge is 2.05. The molecule has 84 valence electrons. The van der Waals surface area contributed by atoms with Crippen molar-refractivity contribution in [1.29, 1.82) is 0 Å². The summed E-state index contributed by atoms with van der Waals surface area (Å²) in [4.78, 5) is 7.74. The third-order valence-electron chi connectivity index (χ3n) is 2.53. The summed E-state index contributed by atoms with van der Waals surface area (Å²) in [6.45, 7) is 0. The summed E-state index contributed by atoms with van der Waals surface area (Å²) < 4.78 is 1.07. The smallest absolute Gasteiger partial charge is 0.137 e. The molecule has 0 aliphatic heterocycles. The summed E-state index contributed by atoms with van der Waals surface area (Å²) in [5.74, 6) is 0.902. The van der Waals surface area contributed by atoms with Crippen molar-refractivity contribution in [3.63, 3.8) is 0 Å². The van der Waals surface area contributed by atoms with E-state index in [9.17, 15) is 0 Å². The second-order valence-corrected chi connectivity index (χ2v) is 5.36. The van der Waals surface area contributed by atoms with Gasteiger partial charge in [-0.05, 0) is 23.6 Å². The number of aromatic amines is 1. The Morgan fingerprint density at radius 3 is 2.59 bits per heavy atom. The molecule has 1 N–H and O–H groups in total. The highest BCUT2D eigenvalue weighted by Crippen LogP contribution is 2.24. The fraction of sp³-hybridized carbons (Fsp3) is 0. The molecule has 1 aromatic carbocycles. The van der Waals surface area contributed by atoms with Gasteiger partial charge in [0.25, 0.3) is 0 Å². The van der Waals surface area contributed by atoms with E-state index in [-0.39, 0.29) is 0 Å². The van der Waals surface area contributed by atoms with Crippen molar-refractivity contribution in [3.05, 3.63) is 51.8 Å². The lowest BCUT2D eigenvalue weighted by Crippen LogP contribution is -1.79. The van der Waals surface area contributed by atoms with Crippen molar-refractivity contribution >= 4 is 27.3 Å². The van der Waals surface area contributed by atoms with Crippen LogP contribution in [0.15, 0.2) is 51.8 Å². The minimum Gasteiger partial charge on any atom is -0.338 e. The lowest BCUT2D eigenvalue weighted by atomic mass is 10.2. The van der Waals surface area contributed by atoms with Gasteiger partial charge >= 0.3 is 0 Å². The molecule has 0 fully saturated rings. The van der Waals surface area contributed by atoms with E-state index in [1.54, 1.807) is 11.3 Å². The minimum atomic E-state index is 0.902. The number of hydrogen-bond donors (Lipinski definition) is 1. The molecule has 0 radical (unpaired) electrons. The number of thiophene rings is 1. The van der Waals surface area contributed by atoms with Crippen molar-refractivity contribution in [2.24, 2.45) is 0 Å². The van der Waals surface area contributed by atoms with Crippen LogP contribution in [0.3, 0.4) is 0 Å². The maximum Gasteiger partial charge on any atom is 0.137 e. The van der Waals surface area contributed by atoms with E-state index >= 15 is 0 Å². The van der Waals surface area contributed by atoms with Crippen LogP contribution in [-0.4, -0.2) is 9.97 Å². The van der Waals surface area contributed by atoms with Gasteiger partial charge in [-0.25, -0.2) is 4.98 Å².